The predicted octanol–water partition coefficient (Wildman–Crippen LogP) is 0.643. The Morgan fingerprint density at radius 2 is 2.06 bits per heavy atom. The Labute approximate surface area is 101 Å². The fourth-order valence-electron chi connectivity index (χ4n) is 2.16. The minimum atomic E-state index is -0.00435. The van der Waals surface area contributed by atoms with Gasteiger partial charge in [0.25, 0.3) is 5.91 Å². The number of carbonyl (C=O) groups excluding carboxylic acids is 1. The van der Waals surface area contributed by atoms with Crippen LogP contribution in [0.2, 0.25) is 0 Å². The molecule has 5 heteroatoms. The van der Waals surface area contributed by atoms with Crippen LogP contribution in [0.5, 0.6) is 0 Å². The van der Waals surface area contributed by atoms with Crippen molar-refractivity contribution in [3.63, 3.8) is 0 Å². The summed E-state index contributed by atoms with van der Waals surface area (Å²) >= 11 is 0. The van der Waals surface area contributed by atoms with Gasteiger partial charge in [-0.15, -0.1) is 0 Å². The quantitative estimate of drug-likeness (QED) is 0.753. The van der Waals surface area contributed by atoms with Gasteiger partial charge in [-0.2, -0.15) is 0 Å². The molecule has 0 atom stereocenters. The number of carbonyl (C=O) groups is 1. The number of amides is 1. The Bertz CT molecular complexity index is 371. The number of piperidine rings is 1. The lowest BCUT2D eigenvalue weighted by molar-refractivity contribution is 0.0657. The largest absolute Gasteiger partial charge is 0.337 e. The minimum Gasteiger partial charge on any atom is -0.337 e. The molecule has 1 amide bonds. The summed E-state index contributed by atoms with van der Waals surface area (Å²) < 4.78 is 0. The van der Waals surface area contributed by atoms with Gasteiger partial charge >= 0.3 is 0 Å². The molecule has 1 fully saturated rings. The molecule has 0 spiro atoms. The van der Waals surface area contributed by atoms with Gasteiger partial charge in [0.1, 0.15) is 5.69 Å². The van der Waals surface area contributed by atoms with Crippen LogP contribution < -0.4 is 0 Å². The van der Waals surface area contributed by atoms with Crippen LogP contribution in [0.25, 0.3) is 0 Å². The number of aromatic nitrogens is 2. The Morgan fingerprint density at radius 3 is 2.59 bits per heavy atom. The summed E-state index contributed by atoms with van der Waals surface area (Å²) in [6.07, 6.45) is 6.72. The minimum absolute atomic E-state index is 0.00435. The van der Waals surface area contributed by atoms with E-state index in [0.29, 0.717) is 11.7 Å². The molecule has 0 saturated carbocycles. The average Bonchev–Trinajstić information content (AvgIpc) is 2.39. The van der Waals surface area contributed by atoms with E-state index in [4.69, 9.17) is 0 Å². The van der Waals surface area contributed by atoms with Gasteiger partial charge in [0.2, 0.25) is 0 Å². The van der Waals surface area contributed by atoms with Gasteiger partial charge in [-0.3, -0.25) is 9.78 Å². The number of rotatable bonds is 2. The predicted molar refractivity (Wildman–Crippen MR) is 64.6 cm³/mol. The second kappa shape index (κ2) is 5.23. The van der Waals surface area contributed by atoms with E-state index in [-0.39, 0.29) is 5.91 Å². The third kappa shape index (κ3) is 2.79. The second-order valence-electron chi connectivity index (χ2n) is 4.58. The molecule has 0 radical (unpaired) electrons. The summed E-state index contributed by atoms with van der Waals surface area (Å²) in [4.78, 5) is 24.1. The van der Waals surface area contributed by atoms with Crippen molar-refractivity contribution in [3.05, 3.63) is 24.3 Å². The molecule has 1 aromatic rings. The lowest BCUT2D eigenvalue weighted by atomic mass is 10.0. The molecule has 92 valence electrons. The lowest BCUT2D eigenvalue weighted by Gasteiger charge is -2.34. The standard InChI is InChI=1S/C12H18N4O/c1-15(2)10-3-7-16(8-4-10)12(17)11-9-13-5-6-14-11/h5-6,9-10H,3-4,7-8H2,1-2H3. The molecule has 1 aromatic heterocycles. The molecule has 17 heavy (non-hydrogen) atoms. The van der Waals surface area contributed by atoms with Crippen LogP contribution in [0.15, 0.2) is 18.6 Å². The molecule has 0 unspecified atom stereocenters. The Kier molecular flexibility index (Phi) is 3.68. The monoisotopic (exact) mass is 234 g/mol. The molecule has 1 saturated heterocycles. The van der Waals surface area contributed by atoms with E-state index < -0.39 is 0 Å². The van der Waals surface area contributed by atoms with Crippen LogP contribution in [-0.4, -0.2) is 58.9 Å². The van der Waals surface area contributed by atoms with Crippen molar-refractivity contribution in [1.82, 2.24) is 19.8 Å². The van der Waals surface area contributed by atoms with Crippen molar-refractivity contribution in [2.24, 2.45) is 0 Å². The van der Waals surface area contributed by atoms with Crippen LogP contribution in [0, 0.1) is 0 Å². The normalized spacial score (nSPS) is 17.5. The van der Waals surface area contributed by atoms with Crippen LogP contribution in [0.1, 0.15) is 23.3 Å². The fraction of sp³-hybridized carbons (Fsp3) is 0.583. The van der Waals surface area contributed by atoms with E-state index in [1.807, 2.05) is 4.90 Å². The maximum Gasteiger partial charge on any atom is 0.274 e. The Morgan fingerprint density at radius 1 is 1.35 bits per heavy atom. The highest BCUT2D eigenvalue weighted by atomic mass is 16.2. The van der Waals surface area contributed by atoms with Gasteiger partial charge in [0, 0.05) is 31.5 Å². The summed E-state index contributed by atoms with van der Waals surface area (Å²) in [6, 6.07) is 0.584. The highest BCUT2D eigenvalue weighted by Gasteiger charge is 2.25. The summed E-state index contributed by atoms with van der Waals surface area (Å²) in [5.41, 5.74) is 0.441. The summed E-state index contributed by atoms with van der Waals surface area (Å²) in [5.74, 6) is -0.00435. The zero-order chi connectivity index (χ0) is 12.3. The highest BCUT2D eigenvalue weighted by molar-refractivity contribution is 5.92. The molecule has 0 N–H and O–H groups in total. The molecular weight excluding hydrogens is 216 g/mol. The molecule has 0 aliphatic carbocycles. The van der Waals surface area contributed by atoms with Crippen LogP contribution in [0.4, 0.5) is 0 Å². The number of hydrogen-bond acceptors (Lipinski definition) is 4. The number of hydrogen-bond donors (Lipinski definition) is 0. The van der Waals surface area contributed by atoms with Gasteiger partial charge < -0.3 is 9.80 Å². The fourth-order valence-corrected chi connectivity index (χ4v) is 2.16. The van der Waals surface area contributed by atoms with Gasteiger partial charge in [-0.05, 0) is 26.9 Å². The summed E-state index contributed by atoms with van der Waals surface area (Å²) in [6.45, 7) is 1.61. The molecule has 2 rings (SSSR count). The first-order valence-electron chi connectivity index (χ1n) is 5.90. The molecule has 1 aliphatic heterocycles. The van der Waals surface area contributed by atoms with Crippen molar-refractivity contribution in [3.8, 4) is 0 Å². The molecule has 5 nitrogen and oxygen atoms in total. The highest BCUT2D eigenvalue weighted by Crippen LogP contribution is 2.15. The molecule has 1 aliphatic rings. The van der Waals surface area contributed by atoms with Crippen LogP contribution in [0.3, 0.4) is 0 Å². The van der Waals surface area contributed by atoms with Crippen LogP contribution in [-0.2, 0) is 0 Å². The van der Waals surface area contributed by atoms with E-state index in [9.17, 15) is 4.79 Å². The Hall–Kier alpha value is -1.49. The first-order valence-corrected chi connectivity index (χ1v) is 5.90. The van der Waals surface area contributed by atoms with Gasteiger partial charge in [0.15, 0.2) is 0 Å². The van der Waals surface area contributed by atoms with E-state index in [0.717, 1.165) is 25.9 Å². The van der Waals surface area contributed by atoms with Gasteiger partial charge in [-0.1, -0.05) is 0 Å². The zero-order valence-corrected chi connectivity index (χ0v) is 10.3. The Balaban J connectivity index is 1.95. The third-order valence-electron chi connectivity index (χ3n) is 3.26. The second-order valence-corrected chi connectivity index (χ2v) is 4.58. The topological polar surface area (TPSA) is 49.3 Å². The van der Waals surface area contributed by atoms with Crippen molar-refractivity contribution in [2.45, 2.75) is 18.9 Å². The van der Waals surface area contributed by atoms with Gasteiger partial charge in [-0.25, -0.2) is 4.98 Å². The summed E-state index contributed by atoms with van der Waals surface area (Å²) in [7, 11) is 4.18. The van der Waals surface area contributed by atoms with Gasteiger partial charge in [0.05, 0.1) is 6.20 Å². The maximum atomic E-state index is 12.1. The SMILES string of the molecule is CN(C)C1CCN(C(=O)c2cnccn2)CC1. The van der Waals surface area contributed by atoms with Crippen LogP contribution >= 0.6 is 0 Å². The maximum absolute atomic E-state index is 12.1. The number of likely N-dealkylation sites (tertiary alicyclic amines) is 1. The van der Waals surface area contributed by atoms with E-state index in [1.54, 1.807) is 12.4 Å². The van der Waals surface area contributed by atoms with E-state index >= 15 is 0 Å². The third-order valence-corrected chi connectivity index (χ3v) is 3.26. The summed E-state index contributed by atoms with van der Waals surface area (Å²) in [5, 5.41) is 0. The van der Waals surface area contributed by atoms with Crippen molar-refractivity contribution in [1.29, 1.82) is 0 Å². The number of nitrogens with zero attached hydrogens (tertiary/aromatic N) is 4. The molecular formula is C12H18N4O. The smallest absolute Gasteiger partial charge is 0.274 e. The molecule has 2 heterocycles. The van der Waals surface area contributed by atoms with Crippen molar-refractivity contribution in [2.75, 3.05) is 27.2 Å². The first kappa shape index (κ1) is 12.0. The van der Waals surface area contributed by atoms with Crippen molar-refractivity contribution >= 4 is 5.91 Å². The van der Waals surface area contributed by atoms with E-state index in [2.05, 4.69) is 29.0 Å². The van der Waals surface area contributed by atoms with Crippen molar-refractivity contribution < 1.29 is 4.79 Å². The van der Waals surface area contributed by atoms with E-state index in [1.165, 1.54) is 6.20 Å². The first-order chi connectivity index (χ1) is 8.18. The average molecular weight is 234 g/mol. The molecule has 0 aromatic carbocycles. The lowest BCUT2D eigenvalue weighted by Crippen LogP contribution is -2.44. The zero-order valence-electron chi connectivity index (χ0n) is 10.3. The molecule has 0 bridgehead atoms.